The number of amides is 2. The monoisotopic (exact) mass is 395 g/mol. The van der Waals surface area contributed by atoms with Gasteiger partial charge in [0.2, 0.25) is 11.8 Å². The highest BCUT2D eigenvalue weighted by molar-refractivity contribution is 6.31. The van der Waals surface area contributed by atoms with E-state index in [0.717, 1.165) is 36.2 Å². The lowest BCUT2D eigenvalue weighted by Crippen LogP contribution is -2.54. The van der Waals surface area contributed by atoms with Crippen LogP contribution in [0.4, 0.5) is 5.69 Å². The molecule has 5 nitrogen and oxygen atoms in total. The Morgan fingerprint density at radius 1 is 1.21 bits per heavy atom. The van der Waals surface area contributed by atoms with Crippen LogP contribution < -0.4 is 10.6 Å². The van der Waals surface area contributed by atoms with Gasteiger partial charge in [-0.3, -0.25) is 14.5 Å². The Morgan fingerprint density at radius 3 is 2.86 bits per heavy atom. The average Bonchev–Trinajstić information content (AvgIpc) is 3.35. The number of benzene rings is 2. The Labute approximate surface area is 169 Å². The summed E-state index contributed by atoms with van der Waals surface area (Å²) in [6, 6.07) is 15.5. The van der Waals surface area contributed by atoms with E-state index in [9.17, 15) is 9.59 Å². The predicted octanol–water partition coefficient (Wildman–Crippen LogP) is 3.29. The fraction of sp³-hybridized carbons (Fsp3) is 0.364. The molecular weight excluding hydrogens is 374 g/mol. The van der Waals surface area contributed by atoms with Gasteiger partial charge in [0.05, 0.1) is 5.92 Å². The van der Waals surface area contributed by atoms with E-state index in [1.807, 2.05) is 48.5 Å². The van der Waals surface area contributed by atoms with Gasteiger partial charge in [-0.05, 0) is 43.5 Å². The summed E-state index contributed by atoms with van der Waals surface area (Å²) in [5.41, 5.74) is 1.73. The first kappa shape index (κ1) is 17.7. The summed E-state index contributed by atoms with van der Waals surface area (Å²) in [6.07, 6.45) is 2.80. The zero-order valence-electron chi connectivity index (χ0n) is 15.5. The highest BCUT2D eigenvalue weighted by Crippen LogP contribution is 2.55. The summed E-state index contributed by atoms with van der Waals surface area (Å²) in [6.45, 7) is 1.21. The Kier molecular flexibility index (Phi) is 4.18. The number of rotatable bonds is 3. The van der Waals surface area contributed by atoms with Gasteiger partial charge >= 0.3 is 0 Å². The normalized spacial score (nSPS) is 28.2. The third-order valence-corrected chi connectivity index (χ3v) is 6.87. The van der Waals surface area contributed by atoms with Crippen LogP contribution >= 0.6 is 11.6 Å². The highest BCUT2D eigenvalue weighted by atomic mass is 35.5. The number of nitrogens with zero attached hydrogens (tertiary/aromatic N) is 1. The van der Waals surface area contributed by atoms with Crippen molar-refractivity contribution in [3.63, 3.8) is 0 Å². The summed E-state index contributed by atoms with van der Waals surface area (Å²) >= 11 is 6.23. The maximum absolute atomic E-state index is 13.3. The number of nitrogens with one attached hydrogen (secondary N) is 2. The molecule has 2 N–H and O–H groups in total. The van der Waals surface area contributed by atoms with Crippen LogP contribution in [-0.2, 0) is 21.7 Å². The van der Waals surface area contributed by atoms with Crippen molar-refractivity contribution in [1.82, 2.24) is 10.2 Å². The number of hydrogen-bond acceptors (Lipinski definition) is 3. The lowest BCUT2D eigenvalue weighted by atomic mass is 9.78. The maximum Gasteiger partial charge on any atom is 0.250 e. The number of carbonyl (C=O) groups is 2. The third kappa shape index (κ3) is 2.43. The number of fused-ring (bicyclic) bond motifs is 4. The maximum atomic E-state index is 13.3. The van der Waals surface area contributed by atoms with Gasteiger partial charge in [-0.1, -0.05) is 48.0 Å². The Hall–Kier alpha value is -2.37. The molecule has 144 valence electrons. The summed E-state index contributed by atoms with van der Waals surface area (Å²) in [5, 5.41) is 6.71. The molecule has 0 aliphatic carbocycles. The van der Waals surface area contributed by atoms with E-state index in [1.165, 1.54) is 0 Å². The Balaban J connectivity index is 1.49. The molecule has 2 aromatic carbocycles. The first-order valence-corrected chi connectivity index (χ1v) is 10.2. The van der Waals surface area contributed by atoms with Crippen LogP contribution in [0.25, 0.3) is 0 Å². The van der Waals surface area contributed by atoms with Crippen LogP contribution in [0.5, 0.6) is 0 Å². The lowest BCUT2D eigenvalue weighted by Gasteiger charge is -2.36. The molecular formula is C22H22ClN3O2. The molecule has 0 unspecified atom stereocenters. The largest absolute Gasteiger partial charge is 0.352 e. The number of anilines is 1. The van der Waals surface area contributed by atoms with E-state index in [4.69, 9.17) is 11.6 Å². The molecule has 5 rings (SSSR count). The quantitative estimate of drug-likeness (QED) is 0.838. The van der Waals surface area contributed by atoms with Crippen LogP contribution in [0, 0.1) is 5.92 Å². The van der Waals surface area contributed by atoms with Crippen LogP contribution in [-0.4, -0.2) is 29.3 Å². The van der Waals surface area contributed by atoms with Crippen molar-refractivity contribution >= 4 is 29.1 Å². The van der Waals surface area contributed by atoms with Crippen molar-refractivity contribution in [2.45, 2.75) is 37.4 Å². The van der Waals surface area contributed by atoms with Gasteiger partial charge in [0, 0.05) is 28.9 Å². The van der Waals surface area contributed by atoms with Crippen molar-refractivity contribution < 1.29 is 9.59 Å². The van der Waals surface area contributed by atoms with E-state index < -0.39 is 11.5 Å². The second-order valence-electron chi connectivity index (χ2n) is 7.85. The van der Waals surface area contributed by atoms with Crippen molar-refractivity contribution in [2.75, 3.05) is 11.9 Å². The predicted molar refractivity (Wildman–Crippen MR) is 108 cm³/mol. The minimum absolute atomic E-state index is 0.0732. The van der Waals surface area contributed by atoms with E-state index in [2.05, 4.69) is 15.5 Å². The van der Waals surface area contributed by atoms with Crippen LogP contribution in [0.2, 0.25) is 5.02 Å². The van der Waals surface area contributed by atoms with Gasteiger partial charge in [0.1, 0.15) is 5.54 Å². The molecule has 0 bridgehead atoms. The number of halogens is 1. The van der Waals surface area contributed by atoms with E-state index in [-0.39, 0.29) is 17.9 Å². The minimum Gasteiger partial charge on any atom is -0.352 e. The Morgan fingerprint density at radius 2 is 2.00 bits per heavy atom. The summed E-state index contributed by atoms with van der Waals surface area (Å²) < 4.78 is 0. The topological polar surface area (TPSA) is 61.4 Å². The Bertz CT molecular complexity index is 962. The first-order valence-electron chi connectivity index (χ1n) is 9.81. The molecule has 3 atom stereocenters. The fourth-order valence-electron chi connectivity index (χ4n) is 5.33. The van der Waals surface area contributed by atoms with Crippen LogP contribution in [0.3, 0.4) is 0 Å². The van der Waals surface area contributed by atoms with Gasteiger partial charge in [0.15, 0.2) is 0 Å². The average molecular weight is 396 g/mol. The molecule has 6 heteroatoms. The number of hydrogen-bond donors (Lipinski definition) is 2. The SMILES string of the molecule is O=C(NCc1ccccc1Cl)[C@H]1C[C@H]2CCCN2[C@@]12C(=O)Nc1ccccc12. The highest BCUT2D eigenvalue weighted by Gasteiger charge is 2.65. The third-order valence-electron chi connectivity index (χ3n) is 6.50. The second kappa shape index (κ2) is 6.61. The molecule has 0 aromatic heterocycles. The van der Waals surface area contributed by atoms with Crippen molar-refractivity contribution in [1.29, 1.82) is 0 Å². The zero-order chi connectivity index (χ0) is 19.3. The van der Waals surface area contributed by atoms with E-state index >= 15 is 0 Å². The number of para-hydroxylation sites is 1. The molecule has 2 saturated heterocycles. The molecule has 0 saturated carbocycles. The molecule has 2 fully saturated rings. The summed E-state index contributed by atoms with van der Waals surface area (Å²) in [5.74, 6) is -0.568. The number of carbonyl (C=O) groups excluding carboxylic acids is 2. The zero-order valence-corrected chi connectivity index (χ0v) is 16.2. The molecule has 1 spiro atoms. The molecule has 3 aliphatic rings. The summed E-state index contributed by atoms with van der Waals surface area (Å²) in [7, 11) is 0. The molecule has 3 heterocycles. The first-order chi connectivity index (χ1) is 13.6. The molecule has 2 amide bonds. The van der Waals surface area contributed by atoms with Crippen molar-refractivity contribution in [3.05, 3.63) is 64.7 Å². The lowest BCUT2D eigenvalue weighted by molar-refractivity contribution is -0.137. The van der Waals surface area contributed by atoms with Crippen LogP contribution in [0.15, 0.2) is 48.5 Å². The van der Waals surface area contributed by atoms with Crippen LogP contribution in [0.1, 0.15) is 30.4 Å². The fourth-order valence-corrected chi connectivity index (χ4v) is 5.53. The van der Waals surface area contributed by atoms with Gasteiger partial charge in [-0.2, -0.15) is 0 Å². The van der Waals surface area contributed by atoms with Gasteiger partial charge in [0.25, 0.3) is 0 Å². The minimum atomic E-state index is -0.900. The second-order valence-corrected chi connectivity index (χ2v) is 8.26. The van der Waals surface area contributed by atoms with E-state index in [1.54, 1.807) is 0 Å². The molecule has 2 aromatic rings. The van der Waals surface area contributed by atoms with Crippen molar-refractivity contribution in [2.24, 2.45) is 5.92 Å². The van der Waals surface area contributed by atoms with Gasteiger partial charge < -0.3 is 10.6 Å². The molecule has 28 heavy (non-hydrogen) atoms. The van der Waals surface area contributed by atoms with Crippen molar-refractivity contribution in [3.8, 4) is 0 Å². The standard InChI is InChI=1S/C22H22ClN3O2/c23-18-9-3-1-6-14(18)13-24-20(27)17-12-15-7-5-11-26(15)22(17)16-8-2-4-10-19(16)25-21(22)28/h1-4,6,8-10,15,17H,5,7,11-13H2,(H,24,27)(H,25,28)/t15-,17-,22-/m1/s1. The summed E-state index contributed by atoms with van der Waals surface area (Å²) in [4.78, 5) is 28.9. The van der Waals surface area contributed by atoms with E-state index in [0.29, 0.717) is 18.0 Å². The van der Waals surface area contributed by atoms with Gasteiger partial charge in [-0.25, -0.2) is 0 Å². The molecule has 3 aliphatic heterocycles. The van der Waals surface area contributed by atoms with Gasteiger partial charge in [-0.15, -0.1) is 0 Å². The molecule has 0 radical (unpaired) electrons. The smallest absolute Gasteiger partial charge is 0.250 e.